The molecule has 1 heterocycles. The second-order valence-corrected chi connectivity index (χ2v) is 3.67. The number of nitrogens with two attached hydrogens (primary N) is 1. The van der Waals surface area contributed by atoms with Gasteiger partial charge in [0.25, 0.3) is 0 Å². The lowest BCUT2D eigenvalue weighted by atomic mass is 10.2. The molecule has 2 rings (SSSR count). The van der Waals surface area contributed by atoms with Gasteiger partial charge in [0.2, 0.25) is 0 Å². The van der Waals surface area contributed by atoms with E-state index >= 15 is 0 Å². The Kier molecular flexibility index (Phi) is 3.52. The quantitative estimate of drug-likeness (QED) is 0.640. The zero-order valence-electron chi connectivity index (χ0n) is 9.56. The first-order valence-electron chi connectivity index (χ1n) is 5.33. The van der Waals surface area contributed by atoms with E-state index in [0.717, 1.165) is 0 Å². The van der Waals surface area contributed by atoms with Gasteiger partial charge in [-0.15, -0.1) is 0 Å². The standard InChI is InChI=1S/C13H12FN3O/c14-10-3-5-11(6-4-10)18-8-9-2-1-7-17-12(9)13(15)16/h1-7H,8H2,(H3,15,16). The molecule has 0 spiro atoms. The lowest BCUT2D eigenvalue weighted by Crippen LogP contribution is -2.16. The smallest absolute Gasteiger partial charge is 0.142 e. The predicted octanol–water partition coefficient (Wildman–Crippen LogP) is 2.08. The number of nitrogen functional groups attached to an aromatic ring is 1. The van der Waals surface area contributed by atoms with Gasteiger partial charge in [-0.05, 0) is 30.3 Å². The van der Waals surface area contributed by atoms with Crippen molar-refractivity contribution < 1.29 is 9.13 Å². The number of ether oxygens (including phenoxy) is 1. The van der Waals surface area contributed by atoms with Crippen LogP contribution >= 0.6 is 0 Å². The van der Waals surface area contributed by atoms with Crippen molar-refractivity contribution in [3.63, 3.8) is 0 Å². The summed E-state index contributed by atoms with van der Waals surface area (Å²) < 4.78 is 18.2. The van der Waals surface area contributed by atoms with Crippen molar-refractivity contribution >= 4 is 5.84 Å². The van der Waals surface area contributed by atoms with Crippen molar-refractivity contribution in [2.75, 3.05) is 0 Å². The van der Waals surface area contributed by atoms with Crippen molar-refractivity contribution in [2.45, 2.75) is 6.61 Å². The fourth-order valence-electron chi connectivity index (χ4n) is 1.49. The fraction of sp³-hybridized carbons (Fsp3) is 0.0769. The van der Waals surface area contributed by atoms with E-state index in [1.807, 2.05) is 0 Å². The molecule has 1 aromatic carbocycles. The summed E-state index contributed by atoms with van der Waals surface area (Å²) >= 11 is 0. The van der Waals surface area contributed by atoms with Crippen LogP contribution in [-0.2, 0) is 6.61 Å². The Morgan fingerprint density at radius 3 is 2.67 bits per heavy atom. The average Bonchev–Trinajstić information content (AvgIpc) is 2.38. The van der Waals surface area contributed by atoms with Crippen molar-refractivity contribution in [1.82, 2.24) is 4.98 Å². The van der Waals surface area contributed by atoms with Crippen LogP contribution in [0.4, 0.5) is 4.39 Å². The predicted molar refractivity (Wildman–Crippen MR) is 66.0 cm³/mol. The average molecular weight is 245 g/mol. The Morgan fingerprint density at radius 2 is 2.00 bits per heavy atom. The number of halogens is 1. The third-order valence-corrected chi connectivity index (χ3v) is 2.35. The maximum absolute atomic E-state index is 12.7. The summed E-state index contributed by atoms with van der Waals surface area (Å²) in [5.41, 5.74) is 6.54. The lowest BCUT2D eigenvalue weighted by Gasteiger charge is -2.09. The number of nitrogens with zero attached hydrogens (tertiary/aromatic N) is 1. The van der Waals surface area contributed by atoms with Crippen molar-refractivity contribution in [1.29, 1.82) is 5.41 Å². The number of rotatable bonds is 4. The minimum Gasteiger partial charge on any atom is -0.489 e. The van der Waals surface area contributed by atoms with E-state index in [1.165, 1.54) is 12.1 Å². The van der Waals surface area contributed by atoms with Gasteiger partial charge >= 0.3 is 0 Å². The van der Waals surface area contributed by atoms with Crippen molar-refractivity contribution in [3.05, 3.63) is 59.7 Å². The van der Waals surface area contributed by atoms with E-state index in [1.54, 1.807) is 30.5 Å². The van der Waals surface area contributed by atoms with Gasteiger partial charge in [-0.3, -0.25) is 10.4 Å². The SMILES string of the molecule is N=C(N)c1ncccc1COc1ccc(F)cc1. The van der Waals surface area contributed by atoms with Crippen LogP contribution in [0.25, 0.3) is 0 Å². The van der Waals surface area contributed by atoms with Crippen LogP contribution in [0.15, 0.2) is 42.6 Å². The zero-order chi connectivity index (χ0) is 13.0. The highest BCUT2D eigenvalue weighted by Gasteiger charge is 2.06. The molecule has 0 radical (unpaired) electrons. The minimum atomic E-state index is -0.312. The summed E-state index contributed by atoms with van der Waals surface area (Å²) in [4.78, 5) is 4.02. The van der Waals surface area contributed by atoms with E-state index < -0.39 is 0 Å². The van der Waals surface area contributed by atoms with Crippen LogP contribution in [0, 0.1) is 11.2 Å². The van der Waals surface area contributed by atoms with Crippen LogP contribution in [0.2, 0.25) is 0 Å². The third-order valence-electron chi connectivity index (χ3n) is 2.35. The van der Waals surface area contributed by atoms with E-state index in [2.05, 4.69) is 4.98 Å². The van der Waals surface area contributed by atoms with Crippen LogP contribution in [-0.4, -0.2) is 10.8 Å². The topological polar surface area (TPSA) is 72.0 Å². The molecule has 0 bridgehead atoms. The molecular weight excluding hydrogens is 233 g/mol. The molecule has 0 amide bonds. The molecular formula is C13H12FN3O. The summed E-state index contributed by atoms with van der Waals surface area (Å²) in [5.74, 6) is 0.135. The molecule has 0 aliphatic heterocycles. The number of aromatic nitrogens is 1. The Morgan fingerprint density at radius 1 is 1.28 bits per heavy atom. The van der Waals surface area contributed by atoms with Gasteiger partial charge in [0, 0.05) is 11.8 Å². The van der Waals surface area contributed by atoms with Crippen molar-refractivity contribution in [2.24, 2.45) is 5.73 Å². The summed E-state index contributed by atoms with van der Waals surface area (Å²) in [6.45, 7) is 0.231. The van der Waals surface area contributed by atoms with Gasteiger partial charge in [0.05, 0.1) is 0 Å². The number of pyridine rings is 1. The van der Waals surface area contributed by atoms with Crippen molar-refractivity contribution in [3.8, 4) is 5.75 Å². The Bertz CT molecular complexity index is 554. The molecule has 3 N–H and O–H groups in total. The largest absolute Gasteiger partial charge is 0.489 e. The number of hydrogen-bond acceptors (Lipinski definition) is 3. The first-order chi connectivity index (χ1) is 8.66. The van der Waals surface area contributed by atoms with Crippen LogP contribution in [0.5, 0.6) is 5.75 Å². The van der Waals surface area contributed by atoms with E-state index in [-0.39, 0.29) is 18.3 Å². The van der Waals surface area contributed by atoms with Crippen LogP contribution in [0.3, 0.4) is 0 Å². The Labute approximate surface area is 104 Å². The maximum Gasteiger partial charge on any atom is 0.142 e. The molecule has 0 saturated carbocycles. The van der Waals surface area contributed by atoms with Gasteiger partial charge < -0.3 is 10.5 Å². The molecule has 0 saturated heterocycles. The highest BCUT2D eigenvalue weighted by Crippen LogP contribution is 2.14. The van der Waals surface area contributed by atoms with Gasteiger partial charge in [-0.1, -0.05) is 6.07 Å². The van der Waals surface area contributed by atoms with E-state index in [0.29, 0.717) is 17.0 Å². The normalized spacial score (nSPS) is 10.1. The first kappa shape index (κ1) is 12.0. The second kappa shape index (κ2) is 5.27. The van der Waals surface area contributed by atoms with E-state index in [9.17, 15) is 4.39 Å². The monoisotopic (exact) mass is 245 g/mol. The molecule has 0 atom stereocenters. The molecule has 92 valence electrons. The molecule has 1 aromatic heterocycles. The Balaban J connectivity index is 2.10. The molecule has 5 heteroatoms. The summed E-state index contributed by atoms with van der Waals surface area (Å²) in [6.07, 6.45) is 1.57. The zero-order valence-corrected chi connectivity index (χ0v) is 9.56. The molecule has 2 aromatic rings. The van der Waals surface area contributed by atoms with Gasteiger partial charge in [-0.25, -0.2) is 4.39 Å². The highest BCUT2D eigenvalue weighted by atomic mass is 19.1. The molecule has 0 unspecified atom stereocenters. The lowest BCUT2D eigenvalue weighted by molar-refractivity contribution is 0.305. The fourth-order valence-corrected chi connectivity index (χ4v) is 1.49. The van der Waals surface area contributed by atoms with Gasteiger partial charge in [-0.2, -0.15) is 0 Å². The Hall–Kier alpha value is -2.43. The number of nitrogens with one attached hydrogen (secondary N) is 1. The summed E-state index contributed by atoms with van der Waals surface area (Å²) in [5, 5.41) is 7.40. The van der Waals surface area contributed by atoms with Gasteiger partial charge in [0.15, 0.2) is 0 Å². The number of benzene rings is 1. The van der Waals surface area contributed by atoms with Gasteiger partial charge in [0.1, 0.15) is 29.7 Å². The van der Waals surface area contributed by atoms with Crippen LogP contribution < -0.4 is 10.5 Å². The number of hydrogen-bond donors (Lipinski definition) is 2. The van der Waals surface area contributed by atoms with E-state index in [4.69, 9.17) is 15.9 Å². The third kappa shape index (κ3) is 2.82. The highest BCUT2D eigenvalue weighted by molar-refractivity contribution is 5.94. The number of amidine groups is 1. The minimum absolute atomic E-state index is 0.103. The summed E-state index contributed by atoms with van der Waals surface area (Å²) in [6, 6.07) is 9.26. The molecule has 0 fully saturated rings. The molecule has 0 aliphatic carbocycles. The first-order valence-corrected chi connectivity index (χ1v) is 5.33. The maximum atomic E-state index is 12.7. The molecule has 0 aliphatic rings. The van der Waals surface area contributed by atoms with Crippen LogP contribution in [0.1, 0.15) is 11.3 Å². The second-order valence-electron chi connectivity index (χ2n) is 3.67. The molecule has 18 heavy (non-hydrogen) atoms. The summed E-state index contributed by atoms with van der Waals surface area (Å²) in [7, 11) is 0. The molecule has 4 nitrogen and oxygen atoms in total.